The first-order valence-electron chi connectivity index (χ1n) is 4.40. The molecule has 1 aromatic heterocycles. The van der Waals surface area contributed by atoms with Crippen LogP contribution in [0.3, 0.4) is 0 Å². The average Bonchev–Trinajstić information content (AvgIpc) is 2.66. The van der Waals surface area contributed by atoms with Crippen molar-refractivity contribution in [3.05, 3.63) is 33.1 Å². The van der Waals surface area contributed by atoms with E-state index < -0.39 is 11.2 Å². The number of nitrogens with zero attached hydrogens (tertiary/aromatic N) is 1. The minimum Gasteiger partial charge on any atom is -0.393 e. The highest BCUT2D eigenvalue weighted by Crippen LogP contribution is 2.33. The van der Waals surface area contributed by atoms with Crippen molar-refractivity contribution < 1.29 is 9.84 Å². The van der Waals surface area contributed by atoms with Crippen molar-refractivity contribution in [2.45, 2.75) is 10.8 Å². The molecule has 1 aliphatic heterocycles. The monoisotopic (exact) mass is 230 g/mol. The molecule has 0 unspecified atom stereocenters. The van der Waals surface area contributed by atoms with Crippen LogP contribution >= 0.6 is 11.8 Å². The van der Waals surface area contributed by atoms with Gasteiger partial charge in [0.05, 0.1) is 13.2 Å². The van der Waals surface area contributed by atoms with E-state index in [-0.39, 0.29) is 17.4 Å². The van der Waals surface area contributed by atoms with E-state index in [1.807, 2.05) is 0 Å². The predicted molar refractivity (Wildman–Crippen MR) is 54.8 cm³/mol. The Hall–Kier alpha value is -1.05. The summed E-state index contributed by atoms with van der Waals surface area (Å²) in [6, 6.07) is 1.29. The number of ether oxygens (including phenoxy) is 1. The number of hydrogen-bond donors (Lipinski definition) is 2. The molecule has 0 bridgehead atoms. The van der Waals surface area contributed by atoms with E-state index in [0.29, 0.717) is 6.61 Å². The molecule has 2 rings (SSSR count). The number of H-pyrrole nitrogens is 1. The van der Waals surface area contributed by atoms with Gasteiger partial charge < -0.3 is 9.84 Å². The fraction of sp³-hybridized carbons (Fsp3) is 0.500. The van der Waals surface area contributed by atoms with Gasteiger partial charge in [0.2, 0.25) is 0 Å². The zero-order chi connectivity index (χ0) is 10.8. The smallest absolute Gasteiger partial charge is 0.329 e. The van der Waals surface area contributed by atoms with Crippen molar-refractivity contribution in [1.82, 2.24) is 9.55 Å². The molecule has 2 atom stereocenters. The van der Waals surface area contributed by atoms with Gasteiger partial charge in [0, 0.05) is 12.3 Å². The Morgan fingerprint density at radius 1 is 1.67 bits per heavy atom. The first-order chi connectivity index (χ1) is 7.20. The van der Waals surface area contributed by atoms with Crippen molar-refractivity contribution in [1.29, 1.82) is 0 Å². The summed E-state index contributed by atoms with van der Waals surface area (Å²) < 4.78 is 6.61. The molecule has 0 radical (unpaired) electrons. The minimum atomic E-state index is -0.456. The van der Waals surface area contributed by atoms with Gasteiger partial charge in [0.25, 0.3) is 5.56 Å². The van der Waals surface area contributed by atoms with Gasteiger partial charge in [-0.05, 0) is 0 Å². The maximum absolute atomic E-state index is 11.4. The van der Waals surface area contributed by atoms with E-state index in [4.69, 9.17) is 9.84 Å². The molecule has 0 amide bonds. The van der Waals surface area contributed by atoms with E-state index in [2.05, 4.69) is 4.98 Å². The second-order valence-electron chi connectivity index (χ2n) is 3.05. The molecule has 1 saturated heterocycles. The Kier molecular flexibility index (Phi) is 2.94. The van der Waals surface area contributed by atoms with Crippen LogP contribution in [0.25, 0.3) is 0 Å². The van der Waals surface area contributed by atoms with Crippen LogP contribution in [-0.2, 0) is 4.74 Å². The van der Waals surface area contributed by atoms with Gasteiger partial charge in [-0.25, -0.2) is 4.79 Å². The number of aliphatic hydroxyl groups is 1. The van der Waals surface area contributed by atoms with E-state index in [1.54, 1.807) is 0 Å². The van der Waals surface area contributed by atoms with Crippen LogP contribution in [0.2, 0.25) is 0 Å². The zero-order valence-electron chi connectivity index (χ0n) is 7.75. The standard InChI is InChI=1S/C8H10N2O4S/c11-3-7-14-4-6(15-7)10-2-1-5(12)9-8(10)13/h1-2,6-7,11H,3-4H2,(H,9,12,13)/t6-,7-/m1/s1. The van der Waals surface area contributed by atoms with Crippen LogP contribution < -0.4 is 11.2 Å². The summed E-state index contributed by atoms with van der Waals surface area (Å²) in [5.41, 5.74) is -1.17. The highest BCUT2D eigenvalue weighted by atomic mass is 32.2. The van der Waals surface area contributed by atoms with Crippen molar-refractivity contribution in [2.24, 2.45) is 0 Å². The molecule has 15 heavy (non-hydrogen) atoms. The van der Waals surface area contributed by atoms with Gasteiger partial charge in [-0.2, -0.15) is 0 Å². The van der Waals surface area contributed by atoms with Crippen LogP contribution in [0.15, 0.2) is 21.9 Å². The summed E-state index contributed by atoms with van der Waals surface area (Å²) >= 11 is 1.35. The summed E-state index contributed by atoms with van der Waals surface area (Å²) in [6.07, 6.45) is 1.43. The number of thioether (sulfide) groups is 1. The maximum Gasteiger partial charge on any atom is 0.329 e. The summed E-state index contributed by atoms with van der Waals surface area (Å²) in [7, 11) is 0. The largest absolute Gasteiger partial charge is 0.393 e. The molecule has 2 heterocycles. The molecular formula is C8H10N2O4S. The van der Waals surface area contributed by atoms with Crippen molar-refractivity contribution in [3.63, 3.8) is 0 Å². The van der Waals surface area contributed by atoms with Crippen LogP contribution in [0.1, 0.15) is 5.37 Å². The lowest BCUT2D eigenvalue weighted by atomic mass is 10.6. The number of aliphatic hydroxyl groups excluding tert-OH is 1. The van der Waals surface area contributed by atoms with Crippen LogP contribution in [0.5, 0.6) is 0 Å². The van der Waals surface area contributed by atoms with Gasteiger partial charge in [-0.3, -0.25) is 14.3 Å². The highest BCUT2D eigenvalue weighted by Gasteiger charge is 2.27. The Balaban J connectivity index is 2.24. The summed E-state index contributed by atoms with van der Waals surface area (Å²) in [4.78, 5) is 24.4. The van der Waals surface area contributed by atoms with E-state index in [1.165, 1.54) is 28.6 Å². The van der Waals surface area contributed by atoms with Crippen LogP contribution in [0.4, 0.5) is 0 Å². The molecule has 1 aliphatic rings. The number of rotatable bonds is 2. The molecule has 2 N–H and O–H groups in total. The molecule has 7 heteroatoms. The topological polar surface area (TPSA) is 84.3 Å². The molecular weight excluding hydrogens is 220 g/mol. The molecule has 6 nitrogen and oxygen atoms in total. The number of nitrogens with one attached hydrogen (secondary N) is 1. The fourth-order valence-corrected chi connectivity index (χ4v) is 2.39. The van der Waals surface area contributed by atoms with E-state index in [0.717, 1.165) is 0 Å². The van der Waals surface area contributed by atoms with Gasteiger partial charge in [0.15, 0.2) is 0 Å². The normalized spacial score (nSPS) is 25.7. The van der Waals surface area contributed by atoms with E-state index >= 15 is 0 Å². The van der Waals surface area contributed by atoms with Crippen LogP contribution in [-0.4, -0.2) is 33.3 Å². The van der Waals surface area contributed by atoms with Gasteiger partial charge >= 0.3 is 5.69 Å². The fourth-order valence-electron chi connectivity index (χ4n) is 1.34. The molecule has 0 aromatic carbocycles. The first-order valence-corrected chi connectivity index (χ1v) is 5.34. The molecule has 0 spiro atoms. The maximum atomic E-state index is 11.4. The lowest BCUT2D eigenvalue weighted by molar-refractivity contribution is 0.0803. The lowest BCUT2D eigenvalue weighted by Crippen LogP contribution is -2.30. The molecule has 1 aromatic rings. The quantitative estimate of drug-likeness (QED) is 0.689. The Bertz CT molecular complexity index is 454. The Morgan fingerprint density at radius 3 is 3.07 bits per heavy atom. The van der Waals surface area contributed by atoms with E-state index in [9.17, 15) is 9.59 Å². The Morgan fingerprint density at radius 2 is 2.47 bits per heavy atom. The molecule has 1 fully saturated rings. The van der Waals surface area contributed by atoms with Crippen molar-refractivity contribution >= 4 is 11.8 Å². The lowest BCUT2D eigenvalue weighted by Gasteiger charge is -2.09. The predicted octanol–water partition coefficient (Wildman–Crippen LogP) is -0.883. The summed E-state index contributed by atoms with van der Waals surface area (Å²) in [6.45, 7) is 0.265. The van der Waals surface area contributed by atoms with Gasteiger partial charge in [0.1, 0.15) is 10.8 Å². The SMILES string of the molecule is O=c1ccn([C@H]2CO[C@@H](CO)S2)c(=O)[nH]1. The van der Waals surface area contributed by atoms with Crippen LogP contribution in [0, 0.1) is 0 Å². The second kappa shape index (κ2) is 4.21. The van der Waals surface area contributed by atoms with Gasteiger partial charge in [-0.1, -0.05) is 0 Å². The number of aromatic amines is 1. The van der Waals surface area contributed by atoms with Crippen molar-refractivity contribution in [2.75, 3.05) is 13.2 Å². The zero-order valence-corrected chi connectivity index (χ0v) is 8.57. The third-order valence-electron chi connectivity index (χ3n) is 2.04. The first kappa shape index (κ1) is 10.5. The molecule has 0 saturated carbocycles. The number of aromatic nitrogens is 2. The minimum absolute atomic E-state index is 0.0841. The second-order valence-corrected chi connectivity index (χ2v) is 4.40. The van der Waals surface area contributed by atoms with Crippen molar-refractivity contribution in [3.8, 4) is 0 Å². The summed E-state index contributed by atoms with van der Waals surface area (Å²) in [5.74, 6) is 0. The Labute approximate surface area is 88.9 Å². The summed E-state index contributed by atoms with van der Waals surface area (Å²) in [5, 5.41) is 8.66. The molecule has 0 aliphatic carbocycles. The third-order valence-corrected chi connectivity index (χ3v) is 3.31. The average molecular weight is 230 g/mol. The van der Waals surface area contributed by atoms with Gasteiger partial charge in [-0.15, -0.1) is 11.8 Å². The highest BCUT2D eigenvalue weighted by molar-refractivity contribution is 8.00. The molecule has 82 valence electrons. The number of hydrogen-bond acceptors (Lipinski definition) is 5. The third kappa shape index (κ3) is 2.14.